The average molecular weight is 1040 g/mol. The Hall–Kier alpha value is -10.1. The summed E-state index contributed by atoms with van der Waals surface area (Å²) in [7, 11) is 0. The standard InChI is InChI=1S/C21H16N4S.2C20H15N5O/c1-3-16(12-22-8-1)21(17-4-2-9-23-13-17)7-5-18-19(11-21)24-25-20(18)15-6-10-26-14-15;1-3-14(10-21-7-1)20(15-4-2-8-22-11-15)6-5-16-17(9-20)24-25-19(16)18-12-26-13-23-18;1-3-14(12-21-7-1)20(15-4-2-8-22-13-15)6-5-16-17(11-20)24-25-18(16)19-23-9-10-26-19/h1-10,12-14H,11H2,(H,24,25);1-8,10-13H,9H2,(H,24,25);1-10,12-13H,11H2,(H,24,25). The van der Waals surface area contributed by atoms with Gasteiger partial charge in [-0.2, -0.15) is 26.6 Å². The predicted molar refractivity (Wildman–Crippen MR) is 296 cm³/mol. The summed E-state index contributed by atoms with van der Waals surface area (Å²) in [6.07, 6.45) is 43.8. The molecule has 12 aromatic heterocycles. The molecule has 15 rings (SSSR count). The van der Waals surface area contributed by atoms with Crippen molar-refractivity contribution in [2.75, 3.05) is 0 Å². The van der Waals surface area contributed by atoms with Gasteiger partial charge in [0.25, 0.3) is 0 Å². The highest BCUT2D eigenvalue weighted by Crippen LogP contribution is 2.45. The number of H-pyrrole nitrogens is 3. The van der Waals surface area contributed by atoms with Crippen LogP contribution in [0.25, 0.3) is 52.5 Å². The lowest BCUT2D eigenvalue weighted by atomic mass is 9.69. The van der Waals surface area contributed by atoms with Gasteiger partial charge >= 0.3 is 0 Å². The molecule has 0 saturated heterocycles. The van der Waals surface area contributed by atoms with Crippen LogP contribution in [0, 0.1) is 0 Å². The molecule has 0 spiro atoms. The van der Waals surface area contributed by atoms with E-state index in [0.717, 1.165) is 109 Å². The fourth-order valence-corrected chi connectivity index (χ4v) is 11.5. The molecule has 0 radical (unpaired) electrons. The zero-order valence-electron chi connectivity index (χ0n) is 41.6. The number of oxazole rings is 2. The highest BCUT2D eigenvalue weighted by molar-refractivity contribution is 7.08. The van der Waals surface area contributed by atoms with Gasteiger partial charge < -0.3 is 8.83 Å². The number of rotatable bonds is 9. The molecule has 3 aliphatic rings. The summed E-state index contributed by atoms with van der Waals surface area (Å²) in [6, 6.07) is 26.6. The third-order valence-electron chi connectivity index (χ3n) is 14.8. The first-order chi connectivity index (χ1) is 38.6. The molecule has 0 saturated carbocycles. The summed E-state index contributed by atoms with van der Waals surface area (Å²) in [5.74, 6) is 0.516. The van der Waals surface area contributed by atoms with Crippen LogP contribution < -0.4 is 0 Å². The number of hydrogen-bond acceptors (Lipinski definition) is 14. The topological polar surface area (TPSA) is 215 Å². The Bertz CT molecular complexity index is 3460. The van der Waals surface area contributed by atoms with E-state index < -0.39 is 0 Å². The Morgan fingerprint density at radius 3 is 1.22 bits per heavy atom. The zero-order chi connectivity index (χ0) is 52.2. The Labute approximate surface area is 451 Å². The number of aromatic nitrogens is 14. The molecule has 0 atom stereocenters. The van der Waals surface area contributed by atoms with E-state index in [0.29, 0.717) is 5.89 Å². The van der Waals surface area contributed by atoms with Crippen LogP contribution in [0.15, 0.2) is 216 Å². The minimum Gasteiger partial charge on any atom is -0.451 e. The Morgan fingerprint density at radius 1 is 0.449 bits per heavy atom. The van der Waals surface area contributed by atoms with Crippen molar-refractivity contribution in [2.24, 2.45) is 0 Å². The molecule has 0 aliphatic heterocycles. The van der Waals surface area contributed by atoms with Crippen molar-refractivity contribution >= 4 is 29.6 Å². The van der Waals surface area contributed by atoms with Gasteiger partial charge in [-0.05, 0) is 81.2 Å². The van der Waals surface area contributed by atoms with Crippen LogP contribution in [-0.2, 0) is 35.5 Å². The number of pyridine rings is 6. The van der Waals surface area contributed by atoms with Crippen LogP contribution in [-0.4, -0.2) is 70.5 Å². The van der Waals surface area contributed by atoms with E-state index in [1.807, 2.05) is 86.0 Å². The van der Waals surface area contributed by atoms with Crippen molar-refractivity contribution in [1.29, 1.82) is 0 Å². The number of hydrogen-bond donors (Lipinski definition) is 3. The summed E-state index contributed by atoms with van der Waals surface area (Å²) in [6.45, 7) is 0. The molecule has 378 valence electrons. The Morgan fingerprint density at radius 2 is 0.859 bits per heavy atom. The molecule has 0 aromatic carbocycles. The van der Waals surface area contributed by atoms with Crippen molar-refractivity contribution in [1.82, 2.24) is 70.5 Å². The smallest absolute Gasteiger partial charge is 0.247 e. The molecule has 12 aromatic rings. The molecule has 0 fully saturated rings. The zero-order valence-corrected chi connectivity index (χ0v) is 42.4. The molecule has 3 N–H and O–H groups in total. The molecule has 0 amide bonds. The van der Waals surface area contributed by atoms with Gasteiger partial charge in [0.05, 0.1) is 6.20 Å². The number of nitrogens with zero attached hydrogens (tertiary/aromatic N) is 11. The maximum atomic E-state index is 5.42. The lowest BCUT2D eigenvalue weighted by molar-refractivity contribution is 0.558. The quantitative estimate of drug-likeness (QED) is 0.123. The van der Waals surface area contributed by atoms with Gasteiger partial charge in [-0.3, -0.25) is 45.2 Å². The van der Waals surface area contributed by atoms with E-state index in [4.69, 9.17) is 8.83 Å². The Balaban J connectivity index is 0.000000111. The molecule has 3 aliphatic carbocycles. The van der Waals surface area contributed by atoms with Gasteiger partial charge in [-0.25, -0.2) is 9.97 Å². The molecular weight excluding hydrogens is 993 g/mol. The van der Waals surface area contributed by atoms with E-state index >= 15 is 0 Å². The second kappa shape index (κ2) is 20.5. The molecule has 17 heteroatoms. The van der Waals surface area contributed by atoms with Crippen molar-refractivity contribution in [3.05, 3.63) is 274 Å². The minimum absolute atomic E-state index is 0.298. The summed E-state index contributed by atoms with van der Waals surface area (Å²) in [5.41, 5.74) is 16.7. The second-order valence-corrected chi connectivity index (χ2v) is 19.8. The fourth-order valence-electron chi connectivity index (χ4n) is 10.9. The second-order valence-electron chi connectivity index (χ2n) is 19.0. The molecule has 0 bridgehead atoms. The monoisotopic (exact) mass is 1040 g/mol. The van der Waals surface area contributed by atoms with E-state index in [9.17, 15) is 0 Å². The third kappa shape index (κ3) is 8.66. The van der Waals surface area contributed by atoms with E-state index in [1.54, 1.807) is 54.8 Å². The van der Waals surface area contributed by atoms with E-state index in [-0.39, 0.29) is 16.2 Å². The normalized spacial score (nSPS) is 14.9. The van der Waals surface area contributed by atoms with Crippen molar-refractivity contribution in [2.45, 2.75) is 35.5 Å². The Kier molecular flexibility index (Phi) is 12.5. The third-order valence-corrected chi connectivity index (χ3v) is 15.5. The number of nitrogens with one attached hydrogen (secondary N) is 3. The first kappa shape index (κ1) is 47.6. The van der Waals surface area contributed by atoms with Crippen LogP contribution in [0.1, 0.15) is 67.2 Å². The average Bonchev–Trinajstić information content (AvgIpc) is 4.44. The van der Waals surface area contributed by atoms with Gasteiger partial charge in [0.15, 0.2) is 12.1 Å². The van der Waals surface area contributed by atoms with Gasteiger partial charge in [0.2, 0.25) is 5.89 Å². The number of aromatic amines is 3. The van der Waals surface area contributed by atoms with Crippen LogP contribution in [0.3, 0.4) is 0 Å². The summed E-state index contributed by atoms with van der Waals surface area (Å²) in [4.78, 5) is 34.5. The lowest BCUT2D eigenvalue weighted by Crippen LogP contribution is -2.30. The maximum absolute atomic E-state index is 5.42. The predicted octanol–water partition coefficient (Wildman–Crippen LogP) is 11.3. The van der Waals surface area contributed by atoms with Crippen LogP contribution in [0.5, 0.6) is 0 Å². The van der Waals surface area contributed by atoms with Gasteiger partial charge in [0, 0.05) is 155 Å². The lowest BCUT2D eigenvalue weighted by Gasteiger charge is -2.33. The highest BCUT2D eigenvalue weighted by Gasteiger charge is 2.40. The van der Waals surface area contributed by atoms with Gasteiger partial charge in [0.1, 0.15) is 29.6 Å². The number of allylic oxidation sites excluding steroid dienone is 3. The van der Waals surface area contributed by atoms with Crippen LogP contribution in [0.4, 0.5) is 0 Å². The maximum Gasteiger partial charge on any atom is 0.247 e. The van der Waals surface area contributed by atoms with Crippen LogP contribution >= 0.6 is 11.3 Å². The minimum atomic E-state index is -0.351. The largest absolute Gasteiger partial charge is 0.451 e. The molecular formula is C61H46N14O2S. The van der Waals surface area contributed by atoms with E-state index in [1.165, 1.54) is 12.0 Å². The first-order valence-corrected chi connectivity index (χ1v) is 26.1. The van der Waals surface area contributed by atoms with Crippen LogP contribution in [0.2, 0.25) is 0 Å². The summed E-state index contributed by atoms with van der Waals surface area (Å²) >= 11 is 1.69. The first-order valence-electron chi connectivity index (χ1n) is 25.1. The number of fused-ring (bicyclic) bond motifs is 3. The van der Waals surface area contributed by atoms with Crippen molar-refractivity contribution in [3.8, 4) is 34.2 Å². The van der Waals surface area contributed by atoms with E-state index in [2.05, 4.69) is 160 Å². The summed E-state index contributed by atoms with van der Waals surface area (Å²) in [5, 5.41) is 27.3. The molecule has 16 nitrogen and oxygen atoms in total. The summed E-state index contributed by atoms with van der Waals surface area (Å²) < 4.78 is 10.5. The van der Waals surface area contributed by atoms with Crippen molar-refractivity contribution in [3.63, 3.8) is 0 Å². The molecule has 12 heterocycles. The van der Waals surface area contributed by atoms with Gasteiger partial charge in [-0.1, -0.05) is 72.9 Å². The molecule has 0 unspecified atom stereocenters. The molecule has 78 heavy (non-hydrogen) atoms. The highest BCUT2D eigenvalue weighted by atomic mass is 32.1. The van der Waals surface area contributed by atoms with Crippen molar-refractivity contribution < 1.29 is 8.83 Å². The SMILES string of the molecule is C1=CC(c2cccnc2)(c2cccnc2)Cc2[nH]nc(-c3ccsc3)c21.C1=CC(c2cccnc2)(c2cccnc2)Cc2[nH]nc(-c3cocn3)c21.C1=CC(c2cccnc2)(c2cccnc2)Cc2[nH]nc(-c3ncco3)c21. The number of thiophene rings is 1. The van der Waals surface area contributed by atoms with Gasteiger partial charge in [-0.15, -0.1) is 0 Å². The fraction of sp³-hybridized carbons (Fsp3) is 0.0984.